The molecule has 0 bridgehead atoms. The van der Waals surface area contributed by atoms with E-state index in [0.717, 1.165) is 5.69 Å². The number of pyridine rings is 1. The molecule has 1 N–H and O–H groups in total. The summed E-state index contributed by atoms with van der Waals surface area (Å²) in [5.41, 5.74) is 1.57. The molecule has 1 aromatic carbocycles. The Hall–Kier alpha value is -2.57. The third-order valence-corrected chi connectivity index (χ3v) is 4.15. The lowest BCUT2D eigenvalue weighted by molar-refractivity contribution is -0.111. The van der Waals surface area contributed by atoms with Crippen LogP contribution in [0, 0.1) is 5.82 Å². The Morgan fingerprint density at radius 3 is 2.83 bits per heavy atom. The maximum absolute atomic E-state index is 13.6. The minimum absolute atomic E-state index is 0.169. The van der Waals surface area contributed by atoms with E-state index in [2.05, 4.69) is 15.3 Å². The lowest BCUT2D eigenvalue weighted by Crippen LogP contribution is -2.07. The quantitative estimate of drug-likeness (QED) is 0.690. The van der Waals surface area contributed by atoms with Crippen molar-refractivity contribution < 1.29 is 9.18 Å². The van der Waals surface area contributed by atoms with E-state index in [-0.39, 0.29) is 10.6 Å². The molecule has 3 rings (SSSR count). The molecule has 2 aromatic heterocycles. The molecule has 2 heterocycles. The molecule has 0 aliphatic carbocycles. The fourth-order valence-corrected chi connectivity index (χ4v) is 2.87. The SMILES string of the molecule is O=C(/C=C/c1c(F)cccc1Cl)Nc1nc(-c2ccccn2)cs1. The molecule has 0 aliphatic rings. The van der Waals surface area contributed by atoms with Gasteiger partial charge in [0.1, 0.15) is 11.5 Å². The van der Waals surface area contributed by atoms with Gasteiger partial charge in [0.25, 0.3) is 0 Å². The summed E-state index contributed by atoms with van der Waals surface area (Å²) in [6.07, 6.45) is 4.22. The van der Waals surface area contributed by atoms with Gasteiger partial charge in [-0.1, -0.05) is 23.7 Å². The van der Waals surface area contributed by atoms with Gasteiger partial charge in [0.15, 0.2) is 5.13 Å². The van der Waals surface area contributed by atoms with Crippen molar-refractivity contribution in [1.29, 1.82) is 0 Å². The lowest BCUT2D eigenvalue weighted by atomic mass is 10.2. The van der Waals surface area contributed by atoms with Crippen LogP contribution in [0.25, 0.3) is 17.5 Å². The van der Waals surface area contributed by atoms with Crippen LogP contribution in [0.2, 0.25) is 5.02 Å². The van der Waals surface area contributed by atoms with Gasteiger partial charge in [0.2, 0.25) is 5.91 Å². The van der Waals surface area contributed by atoms with Crippen LogP contribution in [0.5, 0.6) is 0 Å². The summed E-state index contributed by atoms with van der Waals surface area (Å²) >= 11 is 7.19. The normalized spacial score (nSPS) is 10.9. The number of aromatic nitrogens is 2. The Labute approximate surface area is 146 Å². The molecular formula is C17H11ClFN3OS. The van der Waals surface area contributed by atoms with Crippen LogP contribution in [-0.4, -0.2) is 15.9 Å². The van der Waals surface area contributed by atoms with Gasteiger partial charge in [0.05, 0.1) is 10.7 Å². The second kappa shape index (κ2) is 7.33. The minimum atomic E-state index is -0.488. The van der Waals surface area contributed by atoms with Crippen LogP contribution in [0.1, 0.15) is 5.56 Å². The zero-order valence-electron chi connectivity index (χ0n) is 12.2. The molecule has 0 spiro atoms. The first kappa shape index (κ1) is 16.3. The average Bonchev–Trinajstić information content (AvgIpc) is 3.03. The number of benzene rings is 1. The van der Waals surface area contributed by atoms with E-state index >= 15 is 0 Å². The molecule has 0 aliphatic heterocycles. The monoisotopic (exact) mass is 359 g/mol. The van der Waals surface area contributed by atoms with Crippen molar-refractivity contribution in [2.45, 2.75) is 0 Å². The summed E-state index contributed by atoms with van der Waals surface area (Å²) in [7, 11) is 0. The van der Waals surface area contributed by atoms with Crippen LogP contribution < -0.4 is 5.32 Å². The van der Waals surface area contributed by atoms with Crippen molar-refractivity contribution in [1.82, 2.24) is 9.97 Å². The molecule has 120 valence electrons. The van der Waals surface area contributed by atoms with Crippen LogP contribution in [0.3, 0.4) is 0 Å². The van der Waals surface area contributed by atoms with Crippen molar-refractivity contribution in [3.63, 3.8) is 0 Å². The Morgan fingerprint density at radius 1 is 1.21 bits per heavy atom. The highest BCUT2D eigenvalue weighted by molar-refractivity contribution is 7.14. The number of thiazole rings is 1. The van der Waals surface area contributed by atoms with E-state index < -0.39 is 11.7 Å². The molecule has 1 amide bonds. The number of amides is 1. The van der Waals surface area contributed by atoms with Gasteiger partial charge in [-0.3, -0.25) is 15.1 Å². The maximum atomic E-state index is 13.6. The number of hydrogen-bond acceptors (Lipinski definition) is 4. The summed E-state index contributed by atoms with van der Waals surface area (Å²) in [4.78, 5) is 20.4. The van der Waals surface area contributed by atoms with Gasteiger partial charge in [0, 0.05) is 23.2 Å². The number of nitrogens with zero attached hydrogens (tertiary/aromatic N) is 2. The standard InChI is InChI=1S/C17H11ClFN3OS/c18-12-4-3-5-13(19)11(12)7-8-16(23)22-17-21-15(10-24-17)14-6-1-2-9-20-14/h1-10H,(H,21,22,23)/b8-7+. The Balaban J connectivity index is 1.70. The number of anilines is 1. The van der Waals surface area contributed by atoms with E-state index in [9.17, 15) is 9.18 Å². The van der Waals surface area contributed by atoms with Crippen molar-refractivity contribution >= 4 is 40.1 Å². The Morgan fingerprint density at radius 2 is 2.08 bits per heavy atom. The van der Waals surface area contributed by atoms with Gasteiger partial charge in [-0.05, 0) is 30.3 Å². The molecule has 0 saturated heterocycles. The zero-order valence-corrected chi connectivity index (χ0v) is 13.8. The number of halogens is 2. The maximum Gasteiger partial charge on any atom is 0.250 e. The van der Waals surface area contributed by atoms with Crippen LogP contribution in [0.4, 0.5) is 9.52 Å². The molecule has 0 radical (unpaired) electrons. The molecule has 24 heavy (non-hydrogen) atoms. The van der Waals surface area contributed by atoms with Crippen molar-refractivity contribution in [2.24, 2.45) is 0 Å². The van der Waals surface area contributed by atoms with E-state index in [1.54, 1.807) is 17.6 Å². The van der Waals surface area contributed by atoms with Crippen molar-refractivity contribution in [3.05, 3.63) is 70.5 Å². The molecule has 3 aromatic rings. The summed E-state index contributed by atoms with van der Waals surface area (Å²) in [5.74, 6) is -0.908. The van der Waals surface area contributed by atoms with Crippen molar-refractivity contribution in [3.8, 4) is 11.4 Å². The zero-order chi connectivity index (χ0) is 16.9. The molecule has 0 atom stereocenters. The highest BCUT2D eigenvalue weighted by atomic mass is 35.5. The average molecular weight is 360 g/mol. The molecule has 0 saturated carbocycles. The summed E-state index contributed by atoms with van der Waals surface area (Å²) in [6.45, 7) is 0. The van der Waals surface area contributed by atoms with Gasteiger partial charge >= 0.3 is 0 Å². The summed E-state index contributed by atoms with van der Waals surface area (Å²) in [6, 6.07) is 9.86. The van der Waals surface area contributed by atoms with Crippen LogP contribution in [-0.2, 0) is 4.79 Å². The van der Waals surface area contributed by atoms with Gasteiger partial charge in [-0.15, -0.1) is 11.3 Å². The van der Waals surface area contributed by atoms with E-state index in [4.69, 9.17) is 11.6 Å². The first-order valence-electron chi connectivity index (χ1n) is 6.93. The lowest BCUT2D eigenvalue weighted by Gasteiger charge is -2.00. The van der Waals surface area contributed by atoms with Crippen molar-refractivity contribution in [2.75, 3.05) is 5.32 Å². The van der Waals surface area contributed by atoms with Gasteiger partial charge in [-0.2, -0.15) is 0 Å². The predicted molar refractivity (Wildman–Crippen MR) is 94.4 cm³/mol. The highest BCUT2D eigenvalue weighted by Gasteiger charge is 2.08. The number of rotatable bonds is 4. The molecule has 4 nitrogen and oxygen atoms in total. The first-order chi connectivity index (χ1) is 11.6. The van der Waals surface area contributed by atoms with Crippen LogP contribution >= 0.6 is 22.9 Å². The Kier molecular flexibility index (Phi) is 4.98. The summed E-state index contributed by atoms with van der Waals surface area (Å²) < 4.78 is 13.6. The third kappa shape index (κ3) is 3.84. The highest BCUT2D eigenvalue weighted by Crippen LogP contribution is 2.23. The smallest absolute Gasteiger partial charge is 0.250 e. The third-order valence-electron chi connectivity index (χ3n) is 3.06. The topological polar surface area (TPSA) is 54.9 Å². The summed E-state index contributed by atoms with van der Waals surface area (Å²) in [5, 5.41) is 5.11. The van der Waals surface area contributed by atoms with Crippen LogP contribution in [0.15, 0.2) is 54.1 Å². The van der Waals surface area contributed by atoms with E-state index in [1.165, 1.54) is 35.6 Å². The number of hydrogen-bond donors (Lipinski definition) is 1. The number of nitrogens with one attached hydrogen (secondary N) is 1. The fourth-order valence-electron chi connectivity index (χ4n) is 1.94. The Bertz CT molecular complexity index is 876. The van der Waals surface area contributed by atoms with Gasteiger partial charge < -0.3 is 0 Å². The molecule has 0 fully saturated rings. The number of carbonyl (C=O) groups is 1. The number of carbonyl (C=O) groups excluding carboxylic acids is 1. The second-order valence-corrected chi connectivity index (χ2v) is 5.98. The van der Waals surface area contributed by atoms with E-state index in [1.807, 2.05) is 18.2 Å². The predicted octanol–water partition coefficient (Wildman–Crippen LogP) is 4.65. The first-order valence-corrected chi connectivity index (χ1v) is 8.19. The molecule has 0 unspecified atom stereocenters. The molecule has 7 heteroatoms. The largest absolute Gasteiger partial charge is 0.298 e. The molecular weight excluding hydrogens is 349 g/mol. The second-order valence-electron chi connectivity index (χ2n) is 4.71. The van der Waals surface area contributed by atoms with E-state index in [0.29, 0.717) is 10.8 Å². The fraction of sp³-hybridized carbons (Fsp3) is 0. The van der Waals surface area contributed by atoms with Gasteiger partial charge in [-0.25, -0.2) is 9.37 Å². The minimum Gasteiger partial charge on any atom is -0.298 e.